The number of ether oxygens (including phenoxy) is 1. The first-order valence-electron chi connectivity index (χ1n) is 5.16. The molecule has 0 aromatic rings. The van der Waals surface area contributed by atoms with Crippen molar-refractivity contribution in [2.75, 3.05) is 20.3 Å². The van der Waals surface area contributed by atoms with Crippen LogP contribution in [0.1, 0.15) is 40.0 Å². The van der Waals surface area contributed by atoms with E-state index in [4.69, 9.17) is 4.74 Å². The molecular weight excluding hydrogens is 164 g/mol. The van der Waals surface area contributed by atoms with Crippen molar-refractivity contribution in [2.45, 2.75) is 40.0 Å². The van der Waals surface area contributed by atoms with Gasteiger partial charge in [-0.2, -0.15) is 0 Å². The van der Waals surface area contributed by atoms with Gasteiger partial charge in [0.1, 0.15) is 0 Å². The maximum atomic E-state index is 9.28. The molecule has 0 aliphatic heterocycles. The fourth-order valence-corrected chi connectivity index (χ4v) is 1.33. The van der Waals surface area contributed by atoms with Crippen LogP contribution in [0, 0.1) is 11.3 Å². The van der Waals surface area contributed by atoms with Gasteiger partial charge in [-0.1, -0.05) is 27.2 Å². The van der Waals surface area contributed by atoms with Crippen LogP contribution >= 0.6 is 0 Å². The normalized spacial score (nSPS) is 16.2. The van der Waals surface area contributed by atoms with Crippen molar-refractivity contribution in [1.82, 2.24) is 0 Å². The van der Waals surface area contributed by atoms with Crippen LogP contribution in [0.3, 0.4) is 0 Å². The maximum Gasteiger partial charge on any atom is 0.0487 e. The van der Waals surface area contributed by atoms with Gasteiger partial charge in [0.05, 0.1) is 0 Å². The monoisotopic (exact) mass is 188 g/mol. The minimum Gasteiger partial charge on any atom is -0.396 e. The molecule has 0 amide bonds. The predicted molar refractivity (Wildman–Crippen MR) is 55.8 cm³/mol. The Morgan fingerprint density at radius 1 is 1.31 bits per heavy atom. The van der Waals surface area contributed by atoms with E-state index in [1.807, 2.05) is 0 Å². The lowest BCUT2D eigenvalue weighted by Crippen LogP contribution is -2.27. The molecule has 2 nitrogen and oxygen atoms in total. The molecule has 0 radical (unpaired) electrons. The first-order chi connectivity index (χ1) is 6.06. The van der Waals surface area contributed by atoms with E-state index < -0.39 is 0 Å². The Balaban J connectivity index is 3.71. The van der Waals surface area contributed by atoms with Crippen LogP contribution < -0.4 is 0 Å². The molecule has 0 rings (SSSR count). The van der Waals surface area contributed by atoms with Gasteiger partial charge in [-0.25, -0.2) is 0 Å². The van der Waals surface area contributed by atoms with Gasteiger partial charge < -0.3 is 9.84 Å². The largest absolute Gasteiger partial charge is 0.396 e. The van der Waals surface area contributed by atoms with Crippen molar-refractivity contribution in [2.24, 2.45) is 11.3 Å². The minimum atomic E-state index is 0.0910. The van der Waals surface area contributed by atoms with Crippen LogP contribution in [0.25, 0.3) is 0 Å². The molecule has 2 heteroatoms. The third-order valence-electron chi connectivity index (χ3n) is 3.10. The SMILES string of the molecule is COCCCCC(C)(CO)C(C)C. The lowest BCUT2D eigenvalue weighted by molar-refractivity contribution is 0.0794. The molecular formula is C11H24O2. The molecule has 0 spiro atoms. The van der Waals surface area contributed by atoms with Gasteiger partial charge >= 0.3 is 0 Å². The maximum absolute atomic E-state index is 9.28. The Labute approximate surface area is 82.3 Å². The van der Waals surface area contributed by atoms with Crippen LogP contribution in [-0.2, 0) is 4.74 Å². The zero-order chi connectivity index (χ0) is 10.3. The molecule has 0 saturated carbocycles. The quantitative estimate of drug-likeness (QED) is 0.622. The van der Waals surface area contributed by atoms with E-state index in [0.717, 1.165) is 25.9 Å². The molecule has 0 aromatic heterocycles. The molecule has 0 aromatic carbocycles. The Kier molecular flexibility index (Phi) is 6.35. The van der Waals surface area contributed by atoms with Crippen molar-refractivity contribution in [3.8, 4) is 0 Å². The van der Waals surface area contributed by atoms with Crippen molar-refractivity contribution in [3.63, 3.8) is 0 Å². The highest BCUT2D eigenvalue weighted by Gasteiger charge is 2.26. The number of aliphatic hydroxyl groups is 1. The van der Waals surface area contributed by atoms with Gasteiger partial charge in [0.25, 0.3) is 0 Å². The molecule has 0 bridgehead atoms. The van der Waals surface area contributed by atoms with E-state index in [1.165, 1.54) is 0 Å². The zero-order valence-corrected chi connectivity index (χ0v) is 9.47. The number of aliphatic hydroxyl groups excluding tert-OH is 1. The number of rotatable bonds is 7. The summed E-state index contributed by atoms with van der Waals surface area (Å²) in [5.41, 5.74) is 0.0910. The van der Waals surface area contributed by atoms with Crippen molar-refractivity contribution in [3.05, 3.63) is 0 Å². The molecule has 0 heterocycles. The standard InChI is InChI=1S/C11H24O2/c1-10(2)11(3,9-12)7-5-6-8-13-4/h10,12H,5-9H2,1-4H3. The number of methoxy groups -OCH3 is 1. The van der Waals surface area contributed by atoms with Gasteiger partial charge in [-0.3, -0.25) is 0 Å². The summed E-state index contributed by atoms with van der Waals surface area (Å²) < 4.78 is 4.99. The average Bonchev–Trinajstić information content (AvgIpc) is 2.12. The second kappa shape index (κ2) is 6.39. The molecule has 0 saturated heterocycles. The molecule has 80 valence electrons. The Hall–Kier alpha value is -0.0800. The van der Waals surface area contributed by atoms with Crippen LogP contribution in [0.15, 0.2) is 0 Å². The highest BCUT2D eigenvalue weighted by atomic mass is 16.5. The van der Waals surface area contributed by atoms with E-state index in [0.29, 0.717) is 5.92 Å². The number of unbranched alkanes of at least 4 members (excludes halogenated alkanes) is 1. The summed E-state index contributed by atoms with van der Waals surface area (Å²) >= 11 is 0. The van der Waals surface area contributed by atoms with Gasteiger partial charge in [-0.05, 0) is 24.2 Å². The first kappa shape index (κ1) is 12.9. The minimum absolute atomic E-state index is 0.0910. The second-order valence-electron chi connectivity index (χ2n) is 4.42. The van der Waals surface area contributed by atoms with Crippen molar-refractivity contribution in [1.29, 1.82) is 0 Å². The third-order valence-corrected chi connectivity index (χ3v) is 3.10. The number of hydrogen-bond acceptors (Lipinski definition) is 2. The van der Waals surface area contributed by atoms with Gasteiger partial charge in [0, 0.05) is 20.3 Å². The molecule has 1 N–H and O–H groups in total. The third kappa shape index (κ3) is 4.63. The van der Waals surface area contributed by atoms with E-state index in [-0.39, 0.29) is 12.0 Å². The lowest BCUT2D eigenvalue weighted by atomic mass is 9.76. The summed E-state index contributed by atoms with van der Waals surface area (Å²) in [4.78, 5) is 0. The Bertz CT molecular complexity index is 123. The summed E-state index contributed by atoms with van der Waals surface area (Å²) in [6.45, 7) is 7.63. The smallest absolute Gasteiger partial charge is 0.0487 e. The van der Waals surface area contributed by atoms with E-state index >= 15 is 0 Å². The predicted octanol–water partition coefficient (Wildman–Crippen LogP) is 2.46. The summed E-state index contributed by atoms with van der Waals surface area (Å²) in [6, 6.07) is 0. The lowest BCUT2D eigenvalue weighted by Gasteiger charge is -2.31. The summed E-state index contributed by atoms with van der Waals surface area (Å²) in [6.07, 6.45) is 3.33. The van der Waals surface area contributed by atoms with Gasteiger partial charge in [-0.15, -0.1) is 0 Å². The van der Waals surface area contributed by atoms with E-state index in [9.17, 15) is 5.11 Å². The molecule has 1 unspecified atom stereocenters. The fourth-order valence-electron chi connectivity index (χ4n) is 1.33. The number of hydrogen-bond donors (Lipinski definition) is 1. The molecule has 1 atom stereocenters. The van der Waals surface area contributed by atoms with Crippen LogP contribution in [-0.4, -0.2) is 25.4 Å². The van der Waals surface area contributed by atoms with Crippen LogP contribution in [0.5, 0.6) is 0 Å². The molecule has 13 heavy (non-hydrogen) atoms. The van der Waals surface area contributed by atoms with Crippen LogP contribution in [0.2, 0.25) is 0 Å². The highest BCUT2D eigenvalue weighted by molar-refractivity contribution is 4.76. The summed E-state index contributed by atoms with van der Waals surface area (Å²) in [7, 11) is 1.73. The Morgan fingerprint density at radius 2 is 1.92 bits per heavy atom. The summed E-state index contributed by atoms with van der Waals surface area (Å²) in [5.74, 6) is 0.542. The van der Waals surface area contributed by atoms with E-state index in [1.54, 1.807) is 7.11 Å². The first-order valence-corrected chi connectivity index (χ1v) is 5.16. The average molecular weight is 188 g/mol. The fraction of sp³-hybridized carbons (Fsp3) is 1.00. The molecule has 0 aliphatic rings. The van der Waals surface area contributed by atoms with Gasteiger partial charge in [0.2, 0.25) is 0 Å². The molecule has 0 fully saturated rings. The second-order valence-corrected chi connectivity index (χ2v) is 4.42. The highest BCUT2D eigenvalue weighted by Crippen LogP contribution is 2.31. The van der Waals surface area contributed by atoms with Crippen LogP contribution in [0.4, 0.5) is 0 Å². The van der Waals surface area contributed by atoms with Gasteiger partial charge in [0.15, 0.2) is 0 Å². The van der Waals surface area contributed by atoms with Crippen molar-refractivity contribution < 1.29 is 9.84 Å². The Morgan fingerprint density at radius 3 is 2.31 bits per heavy atom. The van der Waals surface area contributed by atoms with Crippen molar-refractivity contribution >= 4 is 0 Å². The zero-order valence-electron chi connectivity index (χ0n) is 9.47. The topological polar surface area (TPSA) is 29.5 Å². The van der Waals surface area contributed by atoms with E-state index in [2.05, 4.69) is 20.8 Å². The molecule has 0 aliphatic carbocycles. The summed E-state index contributed by atoms with van der Waals surface area (Å²) in [5, 5.41) is 9.28.